The zero-order valence-corrected chi connectivity index (χ0v) is 17.8. The van der Waals surface area contributed by atoms with Crippen LogP contribution in [-0.2, 0) is 15.0 Å². The first-order chi connectivity index (χ1) is 13.4. The van der Waals surface area contributed by atoms with Crippen LogP contribution in [0.1, 0.15) is 48.5 Å². The Hall–Kier alpha value is -1.83. The first-order valence-electron chi connectivity index (χ1n) is 9.45. The highest BCUT2D eigenvalue weighted by Crippen LogP contribution is 2.44. The Balaban J connectivity index is 1.64. The van der Waals surface area contributed by atoms with Crippen LogP contribution in [0.15, 0.2) is 41.3 Å². The van der Waals surface area contributed by atoms with Crippen molar-refractivity contribution in [1.82, 2.24) is 5.32 Å². The minimum absolute atomic E-state index is 0.146. The van der Waals surface area contributed by atoms with Crippen LogP contribution >= 0.6 is 23.1 Å². The quantitative estimate of drug-likeness (QED) is 0.488. The number of anilines is 1. The van der Waals surface area contributed by atoms with E-state index >= 15 is 0 Å². The van der Waals surface area contributed by atoms with Crippen molar-refractivity contribution in [2.75, 3.05) is 18.1 Å². The molecule has 1 saturated carbocycles. The smallest absolute Gasteiger partial charge is 0.313 e. The molecule has 1 heterocycles. The number of hydrogen-bond acceptors (Lipinski definition) is 5. The summed E-state index contributed by atoms with van der Waals surface area (Å²) in [6.07, 6.45) is 5.63. The molecule has 0 bridgehead atoms. The van der Waals surface area contributed by atoms with Crippen LogP contribution in [0.4, 0.5) is 5.69 Å². The van der Waals surface area contributed by atoms with Crippen molar-refractivity contribution in [3.63, 3.8) is 0 Å². The molecule has 2 aromatic rings. The first kappa shape index (κ1) is 20.9. The molecule has 1 aliphatic rings. The molecule has 1 atom stereocenters. The van der Waals surface area contributed by atoms with E-state index in [0.717, 1.165) is 35.5 Å². The minimum Gasteiger partial charge on any atom is -0.388 e. The van der Waals surface area contributed by atoms with E-state index in [1.54, 1.807) is 36.1 Å². The Labute approximate surface area is 173 Å². The van der Waals surface area contributed by atoms with Gasteiger partial charge in [-0.25, -0.2) is 0 Å². The number of rotatable bonds is 6. The minimum atomic E-state index is -0.651. The summed E-state index contributed by atoms with van der Waals surface area (Å²) in [7, 11) is 0. The second-order valence-electron chi connectivity index (χ2n) is 7.23. The molecule has 3 rings (SSSR count). The Morgan fingerprint density at radius 2 is 1.96 bits per heavy atom. The maximum atomic E-state index is 12.4. The molecule has 28 heavy (non-hydrogen) atoms. The van der Waals surface area contributed by atoms with Crippen LogP contribution in [0.2, 0.25) is 0 Å². The summed E-state index contributed by atoms with van der Waals surface area (Å²) in [5.41, 5.74) is 0.467. The summed E-state index contributed by atoms with van der Waals surface area (Å²) in [5, 5.41) is 15.3. The topological polar surface area (TPSA) is 78.4 Å². The van der Waals surface area contributed by atoms with Crippen molar-refractivity contribution in [2.45, 2.75) is 49.0 Å². The Kier molecular flexibility index (Phi) is 6.80. The monoisotopic (exact) mass is 418 g/mol. The molecule has 0 saturated heterocycles. The van der Waals surface area contributed by atoms with E-state index in [2.05, 4.69) is 16.7 Å². The van der Waals surface area contributed by atoms with E-state index in [9.17, 15) is 14.7 Å². The van der Waals surface area contributed by atoms with Crippen molar-refractivity contribution >= 4 is 40.6 Å². The van der Waals surface area contributed by atoms with Gasteiger partial charge in [-0.1, -0.05) is 18.9 Å². The van der Waals surface area contributed by atoms with Crippen LogP contribution in [0, 0.1) is 0 Å². The highest BCUT2D eigenvalue weighted by molar-refractivity contribution is 7.98. The largest absolute Gasteiger partial charge is 0.388 e. The third kappa shape index (κ3) is 4.77. The Morgan fingerprint density at radius 3 is 2.61 bits per heavy atom. The molecule has 5 nitrogen and oxygen atoms in total. The average Bonchev–Trinajstić information content (AvgIpc) is 3.36. The van der Waals surface area contributed by atoms with Crippen molar-refractivity contribution < 1.29 is 14.7 Å². The van der Waals surface area contributed by atoms with Gasteiger partial charge in [0.2, 0.25) is 0 Å². The fourth-order valence-corrected chi connectivity index (χ4v) is 5.29. The maximum Gasteiger partial charge on any atom is 0.313 e. The molecule has 0 aliphatic heterocycles. The average molecular weight is 419 g/mol. The number of benzene rings is 1. The summed E-state index contributed by atoms with van der Waals surface area (Å²) in [6.45, 7) is 2.19. The molecule has 0 spiro atoms. The molecule has 3 N–H and O–H groups in total. The summed E-state index contributed by atoms with van der Waals surface area (Å²) in [6, 6.07) is 11.4. The fraction of sp³-hybridized carbons (Fsp3) is 0.429. The first-order valence-corrected chi connectivity index (χ1v) is 11.5. The van der Waals surface area contributed by atoms with Crippen LogP contribution in [0.5, 0.6) is 0 Å². The number of carbonyl (C=O) groups is 2. The lowest BCUT2D eigenvalue weighted by Crippen LogP contribution is -2.43. The van der Waals surface area contributed by atoms with Crippen molar-refractivity contribution in [3.8, 4) is 0 Å². The normalized spacial score (nSPS) is 16.5. The van der Waals surface area contributed by atoms with Gasteiger partial charge in [-0.05, 0) is 56.4 Å². The maximum absolute atomic E-state index is 12.4. The summed E-state index contributed by atoms with van der Waals surface area (Å²) < 4.78 is 0. The van der Waals surface area contributed by atoms with Crippen LogP contribution < -0.4 is 10.6 Å². The van der Waals surface area contributed by atoms with E-state index in [1.807, 2.05) is 30.5 Å². The molecular weight excluding hydrogens is 392 g/mol. The number of hydrogen-bond donors (Lipinski definition) is 3. The number of nitrogens with one attached hydrogen (secondary N) is 2. The zero-order chi connectivity index (χ0) is 20.1. The van der Waals surface area contributed by atoms with Gasteiger partial charge in [0.15, 0.2) is 0 Å². The second kappa shape index (κ2) is 9.11. The van der Waals surface area contributed by atoms with Crippen LogP contribution in [0.25, 0.3) is 0 Å². The van der Waals surface area contributed by atoms with Gasteiger partial charge in [-0.2, -0.15) is 0 Å². The zero-order valence-electron chi connectivity index (χ0n) is 16.2. The van der Waals surface area contributed by atoms with Crippen molar-refractivity contribution in [3.05, 3.63) is 46.2 Å². The summed E-state index contributed by atoms with van der Waals surface area (Å²) >= 11 is 3.18. The van der Waals surface area contributed by atoms with Gasteiger partial charge in [-0.15, -0.1) is 23.1 Å². The van der Waals surface area contributed by atoms with E-state index in [-0.39, 0.29) is 5.41 Å². The highest BCUT2D eigenvalue weighted by atomic mass is 32.2. The Morgan fingerprint density at radius 1 is 1.21 bits per heavy atom. The van der Waals surface area contributed by atoms with Gasteiger partial charge in [0, 0.05) is 32.3 Å². The predicted molar refractivity (Wildman–Crippen MR) is 115 cm³/mol. The second-order valence-corrected chi connectivity index (χ2v) is 9.23. The lowest BCUT2D eigenvalue weighted by Gasteiger charge is -2.28. The number of aliphatic hydroxyl groups excluding tert-OH is 1. The third-order valence-electron chi connectivity index (χ3n) is 5.24. The number of aliphatic hydroxyl groups is 1. The molecule has 1 aromatic heterocycles. The number of thioether (sulfide) groups is 1. The lowest BCUT2D eigenvalue weighted by atomic mass is 9.84. The standard InChI is InChI=1S/C21H26N2O3S2/c1-14(24)17-8-9-18(28-17)21(10-3-4-11-21)13-22-19(25)20(26)23-15-6-5-7-16(12-15)27-2/h5-9,12,14,24H,3-4,10-11,13H2,1-2H3,(H,22,25)(H,23,26)/t14-/m1/s1. The van der Waals surface area contributed by atoms with E-state index < -0.39 is 17.9 Å². The lowest BCUT2D eigenvalue weighted by molar-refractivity contribution is -0.136. The van der Waals surface area contributed by atoms with Gasteiger partial charge in [-0.3, -0.25) is 9.59 Å². The molecule has 150 valence electrons. The molecule has 0 radical (unpaired) electrons. The highest BCUT2D eigenvalue weighted by Gasteiger charge is 2.37. The molecule has 1 aromatic carbocycles. The number of amides is 2. The van der Waals surface area contributed by atoms with Gasteiger partial charge >= 0.3 is 11.8 Å². The molecule has 0 unspecified atom stereocenters. The van der Waals surface area contributed by atoms with Gasteiger partial charge in [0.05, 0.1) is 6.10 Å². The predicted octanol–water partition coefficient (Wildman–Crippen LogP) is 4.09. The van der Waals surface area contributed by atoms with E-state index in [4.69, 9.17) is 0 Å². The fourth-order valence-electron chi connectivity index (χ4n) is 3.64. The summed E-state index contributed by atoms with van der Waals surface area (Å²) in [4.78, 5) is 27.8. The SMILES string of the molecule is CSc1cccc(NC(=O)C(=O)NCC2(c3ccc([C@@H](C)O)s3)CCCC2)c1. The van der Waals surface area contributed by atoms with Gasteiger partial charge in [0.1, 0.15) is 0 Å². The van der Waals surface area contributed by atoms with Gasteiger partial charge in [0.25, 0.3) is 0 Å². The molecule has 1 aliphatic carbocycles. The van der Waals surface area contributed by atoms with Crippen LogP contribution in [-0.4, -0.2) is 29.7 Å². The molecule has 1 fully saturated rings. The van der Waals surface area contributed by atoms with Crippen molar-refractivity contribution in [1.29, 1.82) is 0 Å². The van der Waals surface area contributed by atoms with Crippen molar-refractivity contribution in [2.24, 2.45) is 0 Å². The van der Waals surface area contributed by atoms with Crippen LogP contribution in [0.3, 0.4) is 0 Å². The molecular formula is C21H26N2O3S2. The Bertz CT molecular complexity index is 842. The molecule has 7 heteroatoms. The summed E-state index contributed by atoms with van der Waals surface area (Å²) in [5.74, 6) is -1.27. The number of thiophene rings is 1. The van der Waals surface area contributed by atoms with E-state index in [1.165, 1.54) is 4.88 Å². The van der Waals surface area contributed by atoms with E-state index in [0.29, 0.717) is 12.2 Å². The number of carbonyl (C=O) groups excluding carboxylic acids is 2. The van der Waals surface area contributed by atoms with Gasteiger partial charge < -0.3 is 15.7 Å². The molecule has 2 amide bonds. The third-order valence-corrected chi connectivity index (χ3v) is 7.47.